The standard InChI is InChI=1S/C11H15N3O4S2/c1-19-11(5-6-11)7-13-8-3-2-4-9(20(12,17)18)10(8)14(15)16/h2-4,13H,5-7H2,1H3,(H2,12,17,18). The number of anilines is 1. The van der Waals surface area contributed by atoms with Gasteiger partial charge in [0.25, 0.3) is 0 Å². The Labute approximate surface area is 121 Å². The van der Waals surface area contributed by atoms with Crippen molar-refractivity contribution in [3.05, 3.63) is 28.3 Å². The molecule has 110 valence electrons. The number of rotatable bonds is 6. The minimum atomic E-state index is -4.13. The van der Waals surface area contributed by atoms with Gasteiger partial charge < -0.3 is 5.32 Å². The molecule has 9 heteroatoms. The third kappa shape index (κ3) is 3.05. The van der Waals surface area contributed by atoms with Gasteiger partial charge in [-0.1, -0.05) is 6.07 Å². The smallest absolute Gasteiger partial charge is 0.312 e. The van der Waals surface area contributed by atoms with E-state index in [2.05, 4.69) is 5.32 Å². The predicted molar refractivity (Wildman–Crippen MR) is 78.4 cm³/mol. The van der Waals surface area contributed by atoms with Crippen LogP contribution in [0.2, 0.25) is 0 Å². The van der Waals surface area contributed by atoms with Crippen LogP contribution in [0.3, 0.4) is 0 Å². The van der Waals surface area contributed by atoms with Crippen LogP contribution in [0.4, 0.5) is 11.4 Å². The number of para-hydroxylation sites is 1. The maximum Gasteiger partial charge on any atom is 0.312 e. The largest absolute Gasteiger partial charge is 0.378 e. The topological polar surface area (TPSA) is 115 Å². The van der Waals surface area contributed by atoms with Crippen LogP contribution in [0, 0.1) is 10.1 Å². The Kier molecular flexibility index (Phi) is 3.94. The van der Waals surface area contributed by atoms with E-state index in [4.69, 9.17) is 5.14 Å². The molecule has 0 aromatic heterocycles. The molecule has 1 aromatic carbocycles. The molecule has 0 aliphatic heterocycles. The highest BCUT2D eigenvalue weighted by Crippen LogP contribution is 2.47. The van der Waals surface area contributed by atoms with E-state index < -0.39 is 25.5 Å². The number of hydrogen-bond donors (Lipinski definition) is 2. The van der Waals surface area contributed by atoms with Crippen LogP contribution < -0.4 is 10.5 Å². The number of hydrogen-bond acceptors (Lipinski definition) is 6. The Morgan fingerprint density at radius 1 is 1.50 bits per heavy atom. The Hall–Kier alpha value is -1.32. The van der Waals surface area contributed by atoms with Crippen LogP contribution in [0.15, 0.2) is 23.1 Å². The third-order valence-electron chi connectivity index (χ3n) is 3.33. The molecule has 0 heterocycles. The summed E-state index contributed by atoms with van der Waals surface area (Å²) in [4.78, 5) is 9.95. The summed E-state index contributed by atoms with van der Waals surface area (Å²) in [6.07, 6.45) is 4.08. The van der Waals surface area contributed by atoms with Gasteiger partial charge in [0.1, 0.15) is 5.69 Å². The number of nitrogens with one attached hydrogen (secondary N) is 1. The summed E-state index contributed by atoms with van der Waals surface area (Å²) < 4.78 is 22.9. The molecule has 0 bridgehead atoms. The lowest BCUT2D eigenvalue weighted by Crippen LogP contribution is -2.19. The summed E-state index contributed by atoms with van der Waals surface area (Å²) in [7, 11) is -4.13. The lowest BCUT2D eigenvalue weighted by Gasteiger charge is -2.14. The number of nitro groups is 1. The first-order chi connectivity index (χ1) is 9.29. The Morgan fingerprint density at radius 3 is 2.60 bits per heavy atom. The Bertz CT molecular complexity index is 641. The van der Waals surface area contributed by atoms with Crippen molar-refractivity contribution in [2.75, 3.05) is 18.1 Å². The molecule has 1 aromatic rings. The molecule has 1 aliphatic rings. The summed E-state index contributed by atoms with van der Waals surface area (Å²) >= 11 is 1.71. The summed E-state index contributed by atoms with van der Waals surface area (Å²) in [5.74, 6) is 0. The number of benzene rings is 1. The molecule has 0 amide bonds. The summed E-state index contributed by atoms with van der Waals surface area (Å²) in [6.45, 7) is 0.559. The molecule has 0 radical (unpaired) electrons. The molecule has 7 nitrogen and oxygen atoms in total. The average Bonchev–Trinajstić information content (AvgIpc) is 3.15. The molecule has 2 rings (SSSR count). The third-order valence-corrected chi connectivity index (χ3v) is 5.69. The van der Waals surface area contributed by atoms with Gasteiger partial charge in [0.2, 0.25) is 10.0 Å². The number of nitrogens with two attached hydrogens (primary N) is 1. The summed E-state index contributed by atoms with van der Waals surface area (Å²) in [5.41, 5.74) is -0.311. The van der Waals surface area contributed by atoms with E-state index in [1.54, 1.807) is 11.8 Å². The fourth-order valence-corrected chi connectivity index (χ4v) is 3.38. The monoisotopic (exact) mass is 317 g/mol. The van der Waals surface area contributed by atoms with Gasteiger partial charge in [-0.2, -0.15) is 11.8 Å². The zero-order valence-corrected chi connectivity index (χ0v) is 12.5. The van der Waals surface area contributed by atoms with E-state index in [0.29, 0.717) is 6.54 Å². The number of nitro benzene ring substituents is 1. The molecular formula is C11H15N3O4S2. The van der Waals surface area contributed by atoms with Gasteiger partial charge in [0.05, 0.1) is 4.92 Å². The molecule has 1 aliphatic carbocycles. The van der Waals surface area contributed by atoms with E-state index in [1.165, 1.54) is 12.1 Å². The van der Waals surface area contributed by atoms with Crippen LogP contribution in [-0.2, 0) is 10.0 Å². The minimum absolute atomic E-state index is 0.103. The van der Waals surface area contributed by atoms with Crippen molar-refractivity contribution in [3.63, 3.8) is 0 Å². The Morgan fingerprint density at radius 2 is 2.15 bits per heavy atom. The molecule has 3 N–H and O–H groups in total. The molecule has 0 atom stereocenters. The summed E-state index contributed by atoms with van der Waals surface area (Å²) in [6, 6.07) is 4.07. The lowest BCUT2D eigenvalue weighted by atomic mass is 10.2. The molecule has 0 unspecified atom stereocenters. The fraction of sp³-hybridized carbons (Fsp3) is 0.455. The molecule has 20 heavy (non-hydrogen) atoms. The quantitative estimate of drug-likeness (QED) is 0.607. The van der Waals surface area contributed by atoms with Crippen molar-refractivity contribution in [1.29, 1.82) is 0 Å². The van der Waals surface area contributed by atoms with Crippen molar-refractivity contribution in [2.24, 2.45) is 5.14 Å². The van der Waals surface area contributed by atoms with Crippen molar-refractivity contribution < 1.29 is 13.3 Å². The van der Waals surface area contributed by atoms with Gasteiger partial charge in [-0.15, -0.1) is 0 Å². The van der Waals surface area contributed by atoms with E-state index in [1.807, 2.05) is 6.26 Å². The first kappa shape index (κ1) is 15.1. The second kappa shape index (κ2) is 5.23. The van der Waals surface area contributed by atoms with Crippen molar-refractivity contribution in [2.45, 2.75) is 22.5 Å². The number of primary sulfonamides is 1. The maximum absolute atomic E-state index is 11.4. The van der Waals surface area contributed by atoms with Crippen molar-refractivity contribution in [1.82, 2.24) is 0 Å². The normalized spacial score (nSPS) is 16.7. The maximum atomic E-state index is 11.4. The fourth-order valence-electron chi connectivity index (χ4n) is 1.93. The second-order valence-corrected chi connectivity index (χ2v) is 7.50. The van der Waals surface area contributed by atoms with E-state index in [-0.39, 0.29) is 10.4 Å². The molecule has 0 spiro atoms. The molecule has 1 saturated carbocycles. The highest BCUT2D eigenvalue weighted by atomic mass is 32.2. The number of sulfonamides is 1. The van der Waals surface area contributed by atoms with E-state index >= 15 is 0 Å². The van der Waals surface area contributed by atoms with Crippen molar-refractivity contribution >= 4 is 33.2 Å². The van der Waals surface area contributed by atoms with E-state index in [9.17, 15) is 18.5 Å². The zero-order chi connectivity index (χ0) is 15.0. The van der Waals surface area contributed by atoms with Gasteiger partial charge in [-0.3, -0.25) is 10.1 Å². The van der Waals surface area contributed by atoms with E-state index in [0.717, 1.165) is 18.9 Å². The lowest BCUT2D eigenvalue weighted by molar-refractivity contribution is -0.386. The van der Waals surface area contributed by atoms with Gasteiger partial charge in [0.15, 0.2) is 4.90 Å². The SMILES string of the molecule is CSC1(CNc2cccc(S(N)(=O)=O)c2[N+](=O)[O-])CC1. The van der Waals surface area contributed by atoms with Crippen LogP contribution >= 0.6 is 11.8 Å². The van der Waals surface area contributed by atoms with Crippen LogP contribution in [-0.4, -0.2) is 30.9 Å². The zero-order valence-electron chi connectivity index (χ0n) is 10.8. The minimum Gasteiger partial charge on any atom is -0.378 e. The van der Waals surface area contributed by atoms with Crippen LogP contribution in [0.25, 0.3) is 0 Å². The van der Waals surface area contributed by atoms with Gasteiger partial charge >= 0.3 is 5.69 Å². The average molecular weight is 317 g/mol. The Balaban J connectivity index is 2.35. The van der Waals surface area contributed by atoms with Gasteiger partial charge in [0, 0.05) is 11.3 Å². The highest BCUT2D eigenvalue weighted by molar-refractivity contribution is 8.00. The molecule has 1 fully saturated rings. The first-order valence-electron chi connectivity index (χ1n) is 5.88. The number of thioether (sulfide) groups is 1. The predicted octanol–water partition coefficient (Wildman–Crippen LogP) is 1.55. The first-order valence-corrected chi connectivity index (χ1v) is 8.65. The van der Waals surface area contributed by atoms with Crippen molar-refractivity contribution in [3.8, 4) is 0 Å². The van der Waals surface area contributed by atoms with Gasteiger partial charge in [-0.05, 0) is 31.2 Å². The van der Waals surface area contributed by atoms with Gasteiger partial charge in [-0.25, -0.2) is 13.6 Å². The van der Waals surface area contributed by atoms with Crippen LogP contribution in [0.5, 0.6) is 0 Å². The second-order valence-electron chi connectivity index (χ2n) is 4.70. The number of nitrogens with zero attached hydrogens (tertiary/aromatic N) is 1. The van der Waals surface area contributed by atoms with Crippen LogP contribution in [0.1, 0.15) is 12.8 Å². The molecule has 0 saturated heterocycles. The summed E-state index contributed by atoms with van der Waals surface area (Å²) in [5, 5.41) is 19.1. The highest BCUT2D eigenvalue weighted by Gasteiger charge is 2.42. The molecular weight excluding hydrogens is 302 g/mol.